The van der Waals surface area contributed by atoms with Gasteiger partial charge in [-0.2, -0.15) is 0 Å². The van der Waals surface area contributed by atoms with E-state index in [-0.39, 0.29) is 5.91 Å². The van der Waals surface area contributed by atoms with Crippen LogP contribution in [0.1, 0.15) is 24.5 Å². The summed E-state index contributed by atoms with van der Waals surface area (Å²) in [5.74, 6) is 0.448. The molecule has 1 amide bonds. The first kappa shape index (κ1) is 25.9. The average molecular weight is 566 g/mol. The number of benzene rings is 3. The van der Waals surface area contributed by atoms with Gasteiger partial charge in [-0.1, -0.05) is 65.5 Å². The molecule has 35 heavy (non-hydrogen) atoms. The molecule has 0 saturated carbocycles. The standard InChI is InChI=1S/C26H20Cl4N2O2S/c1-2-11-32-25(33)24(35-26(32)31-19-7-5-18(27)6-8-19)14-16-4-10-23(22(30)12-16)34-15-17-3-9-20(28)21(29)13-17/h3-10,12-14H,2,11,15H2,1H3/b24-14-,31-26?. The zero-order valence-corrected chi connectivity index (χ0v) is 22.4. The number of carbonyl (C=O) groups is 1. The van der Waals surface area contributed by atoms with Crippen molar-refractivity contribution >= 4 is 81.0 Å². The summed E-state index contributed by atoms with van der Waals surface area (Å²) in [6.45, 7) is 2.90. The minimum absolute atomic E-state index is 0.0828. The van der Waals surface area contributed by atoms with Gasteiger partial charge in [-0.15, -0.1) is 0 Å². The first-order chi connectivity index (χ1) is 16.8. The van der Waals surface area contributed by atoms with Crippen molar-refractivity contribution in [3.8, 4) is 5.75 Å². The highest BCUT2D eigenvalue weighted by Gasteiger charge is 2.32. The highest BCUT2D eigenvalue weighted by Crippen LogP contribution is 2.36. The molecule has 0 aromatic heterocycles. The van der Waals surface area contributed by atoms with Crippen LogP contribution in [-0.4, -0.2) is 22.5 Å². The third kappa shape index (κ3) is 6.54. The van der Waals surface area contributed by atoms with E-state index >= 15 is 0 Å². The molecule has 0 bridgehead atoms. The second-order valence-corrected chi connectivity index (χ2v) is 10.3. The lowest BCUT2D eigenvalue weighted by Gasteiger charge is -2.13. The van der Waals surface area contributed by atoms with E-state index in [4.69, 9.17) is 51.1 Å². The number of hydrogen-bond acceptors (Lipinski definition) is 4. The fraction of sp³-hybridized carbons (Fsp3) is 0.154. The van der Waals surface area contributed by atoms with E-state index in [0.717, 1.165) is 23.2 Å². The molecule has 1 aliphatic heterocycles. The summed E-state index contributed by atoms with van der Waals surface area (Å²) in [5.41, 5.74) is 2.40. The van der Waals surface area contributed by atoms with Crippen molar-refractivity contribution in [3.63, 3.8) is 0 Å². The molecule has 0 aliphatic carbocycles. The number of ether oxygens (including phenoxy) is 1. The number of nitrogens with zero attached hydrogens (tertiary/aromatic N) is 2. The Morgan fingerprint density at radius 2 is 1.71 bits per heavy atom. The van der Waals surface area contributed by atoms with Crippen LogP contribution < -0.4 is 4.74 Å². The molecule has 0 spiro atoms. The Morgan fingerprint density at radius 1 is 0.943 bits per heavy atom. The van der Waals surface area contributed by atoms with Gasteiger partial charge in [0.1, 0.15) is 12.4 Å². The maximum atomic E-state index is 13.1. The van der Waals surface area contributed by atoms with Crippen LogP contribution in [0.25, 0.3) is 6.08 Å². The second-order valence-electron chi connectivity index (χ2n) is 7.67. The summed E-state index contributed by atoms with van der Waals surface area (Å²) >= 11 is 25.8. The molecular formula is C26H20Cl4N2O2S. The van der Waals surface area contributed by atoms with Crippen LogP contribution in [0.4, 0.5) is 5.69 Å². The van der Waals surface area contributed by atoms with Crippen molar-refractivity contribution < 1.29 is 9.53 Å². The van der Waals surface area contributed by atoms with Gasteiger partial charge in [0.2, 0.25) is 0 Å². The highest BCUT2D eigenvalue weighted by molar-refractivity contribution is 8.18. The number of carbonyl (C=O) groups excluding carboxylic acids is 1. The number of rotatable bonds is 7. The van der Waals surface area contributed by atoms with Gasteiger partial charge in [0.25, 0.3) is 5.91 Å². The van der Waals surface area contributed by atoms with Crippen molar-refractivity contribution in [3.05, 3.63) is 96.8 Å². The number of halogens is 4. The first-order valence-corrected chi connectivity index (χ1v) is 13.1. The molecule has 1 heterocycles. The van der Waals surface area contributed by atoms with E-state index in [2.05, 4.69) is 4.99 Å². The molecule has 1 aliphatic rings. The van der Waals surface area contributed by atoms with Gasteiger partial charge in [-0.05, 0) is 83.9 Å². The molecule has 180 valence electrons. The van der Waals surface area contributed by atoms with Crippen molar-refractivity contribution in [2.24, 2.45) is 4.99 Å². The Balaban J connectivity index is 1.51. The Morgan fingerprint density at radius 3 is 2.40 bits per heavy atom. The van der Waals surface area contributed by atoms with Crippen LogP contribution >= 0.6 is 58.2 Å². The lowest BCUT2D eigenvalue weighted by Crippen LogP contribution is -2.29. The summed E-state index contributed by atoms with van der Waals surface area (Å²) in [4.78, 5) is 20.0. The predicted molar refractivity (Wildman–Crippen MR) is 148 cm³/mol. The molecule has 3 aromatic carbocycles. The molecule has 4 rings (SSSR count). The number of aliphatic imine (C=N–C) groups is 1. The lowest BCUT2D eigenvalue weighted by atomic mass is 10.2. The Hall–Kier alpha value is -2.15. The van der Waals surface area contributed by atoms with Crippen molar-refractivity contribution in [1.82, 2.24) is 4.90 Å². The lowest BCUT2D eigenvalue weighted by molar-refractivity contribution is -0.122. The van der Waals surface area contributed by atoms with E-state index in [1.807, 2.05) is 37.3 Å². The molecule has 0 unspecified atom stereocenters. The maximum absolute atomic E-state index is 13.1. The molecule has 9 heteroatoms. The smallest absolute Gasteiger partial charge is 0.266 e. The third-order valence-corrected chi connectivity index (χ3v) is 7.31. The van der Waals surface area contributed by atoms with Crippen molar-refractivity contribution in [2.75, 3.05) is 6.54 Å². The second kappa shape index (κ2) is 11.7. The summed E-state index contributed by atoms with van der Waals surface area (Å²) in [6, 6.07) is 17.9. The zero-order chi connectivity index (χ0) is 24.9. The number of thioether (sulfide) groups is 1. The summed E-state index contributed by atoms with van der Waals surface area (Å²) in [7, 11) is 0. The van der Waals surface area contributed by atoms with Gasteiger partial charge in [-0.25, -0.2) is 4.99 Å². The SMILES string of the molecule is CCCN1C(=O)/C(=C/c2ccc(OCc3ccc(Cl)c(Cl)c3)c(Cl)c2)SC1=Nc1ccc(Cl)cc1. The summed E-state index contributed by atoms with van der Waals surface area (Å²) < 4.78 is 5.84. The number of amidine groups is 1. The molecule has 0 atom stereocenters. The molecular weight excluding hydrogens is 546 g/mol. The monoisotopic (exact) mass is 564 g/mol. The quantitative estimate of drug-likeness (QED) is 0.268. The van der Waals surface area contributed by atoms with Crippen LogP contribution in [0.3, 0.4) is 0 Å². The fourth-order valence-electron chi connectivity index (χ4n) is 3.30. The van der Waals surface area contributed by atoms with Gasteiger partial charge in [0.15, 0.2) is 5.17 Å². The summed E-state index contributed by atoms with van der Waals surface area (Å²) in [6.07, 6.45) is 2.63. The van der Waals surface area contributed by atoms with Crippen LogP contribution in [0, 0.1) is 0 Å². The number of hydrogen-bond donors (Lipinski definition) is 0. The van der Waals surface area contributed by atoms with Gasteiger partial charge >= 0.3 is 0 Å². The van der Waals surface area contributed by atoms with E-state index in [1.54, 1.807) is 41.3 Å². The minimum atomic E-state index is -0.0828. The van der Waals surface area contributed by atoms with Crippen LogP contribution in [0.5, 0.6) is 5.75 Å². The average Bonchev–Trinajstić information content (AvgIpc) is 3.11. The largest absolute Gasteiger partial charge is 0.487 e. The molecule has 1 saturated heterocycles. The van der Waals surface area contributed by atoms with E-state index in [9.17, 15) is 4.79 Å². The van der Waals surface area contributed by atoms with Gasteiger partial charge < -0.3 is 4.74 Å². The molecule has 4 nitrogen and oxygen atoms in total. The first-order valence-electron chi connectivity index (χ1n) is 10.8. The van der Waals surface area contributed by atoms with Gasteiger partial charge in [-0.3, -0.25) is 9.69 Å². The van der Waals surface area contributed by atoms with E-state index in [0.29, 0.717) is 49.1 Å². The molecule has 1 fully saturated rings. The minimum Gasteiger partial charge on any atom is -0.487 e. The van der Waals surface area contributed by atoms with E-state index in [1.165, 1.54) is 11.8 Å². The Kier molecular flexibility index (Phi) is 8.68. The topological polar surface area (TPSA) is 41.9 Å². The van der Waals surface area contributed by atoms with Crippen LogP contribution in [-0.2, 0) is 11.4 Å². The third-order valence-electron chi connectivity index (χ3n) is 5.02. The van der Waals surface area contributed by atoms with Gasteiger partial charge in [0.05, 0.1) is 25.7 Å². The van der Waals surface area contributed by atoms with Crippen LogP contribution in [0.15, 0.2) is 70.6 Å². The summed E-state index contributed by atoms with van der Waals surface area (Å²) in [5, 5.41) is 2.67. The Bertz CT molecular complexity index is 1310. The molecule has 0 radical (unpaired) electrons. The number of amides is 1. The van der Waals surface area contributed by atoms with Gasteiger partial charge in [0, 0.05) is 11.6 Å². The normalized spacial score (nSPS) is 15.9. The predicted octanol–water partition coefficient (Wildman–Crippen LogP) is 8.89. The Labute approximate surface area is 228 Å². The van der Waals surface area contributed by atoms with Crippen LogP contribution in [0.2, 0.25) is 20.1 Å². The maximum Gasteiger partial charge on any atom is 0.266 e. The van der Waals surface area contributed by atoms with Crippen molar-refractivity contribution in [2.45, 2.75) is 20.0 Å². The molecule has 0 N–H and O–H groups in total. The highest BCUT2D eigenvalue weighted by atomic mass is 35.5. The van der Waals surface area contributed by atoms with E-state index < -0.39 is 0 Å². The molecule has 3 aromatic rings. The fourth-order valence-corrected chi connectivity index (χ4v) is 5.02. The van der Waals surface area contributed by atoms with Crippen molar-refractivity contribution in [1.29, 1.82) is 0 Å². The zero-order valence-electron chi connectivity index (χ0n) is 18.6.